The maximum absolute atomic E-state index is 10.5. The lowest BCUT2D eigenvalue weighted by Gasteiger charge is -1.99. The van der Waals surface area contributed by atoms with E-state index in [1.807, 2.05) is 0 Å². The largest absolute Gasteiger partial charge is 0.285 e. The van der Waals surface area contributed by atoms with Crippen LogP contribution in [0.3, 0.4) is 0 Å². The van der Waals surface area contributed by atoms with Gasteiger partial charge in [0.2, 0.25) is 0 Å². The summed E-state index contributed by atoms with van der Waals surface area (Å²) in [6.45, 7) is 0. The van der Waals surface area contributed by atoms with Crippen molar-refractivity contribution in [3.8, 4) is 0 Å². The molecule has 14 heavy (non-hydrogen) atoms. The molecule has 76 valence electrons. The topological polar surface area (TPSA) is 97.5 Å². The molecule has 0 radical (unpaired) electrons. The molecule has 0 aliphatic carbocycles. The average Bonchev–Trinajstić information content (AvgIpc) is 2.01. The van der Waals surface area contributed by atoms with E-state index < -0.39 is 20.8 Å². The Morgan fingerprint density at radius 2 is 1.93 bits per heavy atom. The van der Waals surface area contributed by atoms with Gasteiger partial charge in [-0.15, -0.1) is 0 Å². The van der Waals surface area contributed by atoms with Crippen molar-refractivity contribution in [2.45, 2.75) is 5.75 Å². The maximum Gasteiger partial charge on any atom is 0.273 e. The third-order valence-electron chi connectivity index (χ3n) is 1.53. The SMILES string of the molecule is O=[N+]([O-])c1ccccc1CS(=O)(=O)O. The van der Waals surface area contributed by atoms with Crippen LogP contribution in [0, 0.1) is 10.1 Å². The lowest BCUT2D eigenvalue weighted by Crippen LogP contribution is -2.04. The molecule has 7 heteroatoms. The van der Waals surface area contributed by atoms with Crippen LogP contribution < -0.4 is 0 Å². The first-order chi connectivity index (χ1) is 6.40. The van der Waals surface area contributed by atoms with Crippen LogP contribution in [0.4, 0.5) is 5.69 Å². The second kappa shape index (κ2) is 3.72. The first kappa shape index (κ1) is 10.6. The Kier molecular flexibility index (Phi) is 2.82. The Balaban J connectivity index is 3.15. The van der Waals surface area contributed by atoms with Crippen LogP contribution in [0.2, 0.25) is 0 Å². The number of para-hydroxylation sites is 1. The molecule has 0 aliphatic heterocycles. The highest BCUT2D eigenvalue weighted by atomic mass is 32.2. The molecule has 0 aliphatic rings. The van der Waals surface area contributed by atoms with Gasteiger partial charge < -0.3 is 0 Å². The van der Waals surface area contributed by atoms with Crippen molar-refractivity contribution in [1.82, 2.24) is 0 Å². The first-order valence-corrected chi connectivity index (χ1v) is 5.18. The number of hydrogen-bond donors (Lipinski definition) is 1. The fourth-order valence-electron chi connectivity index (χ4n) is 1.01. The number of nitro groups is 1. The Bertz CT molecular complexity index is 453. The molecule has 0 atom stereocenters. The molecule has 0 unspecified atom stereocenters. The smallest absolute Gasteiger partial charge is 0.273 e. The second-order valence-corrected chi connectivity index (χ2v) is 4.06. The van der Waals surface area contributed by atoms with Gasteiger partial charge in [-0.25, -0.2) is 0 Å². The Morgan fingerprint density at radius 3 is 2.43 bits per heavy atom. The van der Waals surface area contributed by atoms with E-state index in [2.05, 4.69) is 0 Å². The molecule has 1 aromatic rings. The summed E-state index contributed by atoms with van der Waals surface area (Å²) in [5.41, 5.74) is -0.342. The molecule has 0 saturated heterocycles. The fourth-order valence-corrected chi connectivity index (χ4v) is 1.64. The molecule has 1 aromatic carbocycles. The monoisotopic (exact) mass is 217 g/mol. The van der Waals surface area contributed by atoms with Crippen molar-refractivity contribution in [1.29, 1.82) is 0 Å². The number of rotatable bonds is 3. The van der Waals surface area contributed by atoms with E-state index in [9.17, 15) is 18.5 Å². The van der Waals surface area contributed by atoms with Crippen molar-refractivity contribution in [2.24, 2.45) is 0 Å². The maximum atomic E-state index is 10.5. The molecule has 0 fully saturated rings. The normalized spacial score (nSPS) is 11.2. The van der Waals surface area contributed by atoms with Crippen LogP contribution in [-0.4, -0.2) is 17.9 Å². The Labute approximate surface area is 80.1 Å². The van der Waals surface area contributed by atoms with Gasteiger partial charge in [-0.1, -0.05) is 18.2 Å². The zero-order valence-corrected chi connectivity index (χ0v) is 7.77. The van der Waals surface area contributed by atoms with E-state index in [-0.39, 0.29) is 11.3 Å². The van der Waals surface area contributed by atoms with Gasteiger partial charge >= 0.3 is 0 Å². The summed E-state index contributed by atoms with van der Waals surface area (Å²) in [6, 6.07) is 5.35. The molecule has 0 spiro atoms. The third-order valence-corrected chi connectivity index (χ3v) is 2.20. The first-order valence-electron chi connectivity index (χ1n) is 3.57. The van der Waals surface area contributed by atoms with Crippen molar-refractivity contribution >= 4 is 15.8 Å². The summed E-state index contributed by atoms with van der Waals surface area (Å²) in [5.74, 6) is -0.746. The third kappa shape index (κ3) is 2.79. The van der Waals surface area contributed by atoms with Crippen LogP contribution in [0.25, 0.3) is 0 Å². The van der Waals surface area contributed by atoms with E-state index in [0.717, 1.165) is 0 Å². The van der Waals surface area contributed by atoms with Crippen molar-refractivity contribution < 1.29 is 17.9 Å². The Hall–Kier alpha value is -1.47. The van der Waals surface area contributed by atoms with Gasteiger partial charge in [0.1, 0.15) is 5.75 Å². The second-order valence-electron chi connectivity index (χ2n) is 2.61. The van der Waals surface area contributed by atoms with Gasteiger partial charge in [0.15, 0.2) is 0 Å². The quantitative estimate of drug-likeness (QED) is 0.462. The average molecular weight is 217 g/mol. The van der Waals surface area contributed by atoms with Gasteiger partial charge in [0.05, 0.1) is 4.92 Å². The summed E-state index contributed by atoms with van der Waals surface area (Å²) in [5, 5.41) is 10.4. The van der Waals surface area contributed by atoms with Gasteiger partial charge in [0.25, 0.3) is 15.8 Å². The number of hydrogen-bond acceptors (Lipinski definition) is 4. The fraction of sp³-hybridized carbons (Fsp3) is 0.143. The van der Waals surface area contributed by atoms with E-state index >= 15 is 0 Å². The predicted molar refractivity (Wildman–Crippen MR) is 48.3 cm³/mol. The van der Waals surface area contributed by atoms with Crippen molar-refractivity contribution in [2.75, 3.05) is 0 Å². The van der Waals surface area contributed by atoms with Gasteiger partial charge in [-0.2, -0.15) is 8.42 Å². The van der Waals surface area contributed by atoms with Crippen LogP contribution in [0.15, 0.2) is 24.3 Å². The summed E-state index contributed by atoms with van der Waals surface area (Å²) in [7, 11) is -4.24. The molecular formula is C7H7NO5S. The molecule has 1 rings (SSSR count). The zero-order chi connectivity index (χ0) is 10.8. The van der Waals surface area contributed by atoms with Crippen molar-refractivity contribution in [3.63, 3.8) is 0 Å². The van der Waals surface area contributed by atoms with Crippen LogP contribution in [0.5, 0.6) is 0 Å². The van der Waals surface area contributed by atoms with Crippen molar-refractivity contribution in [3.05, 3.63) is 39.9 Å². The zero-order valence-electron chi connectivity index (χ0n) is 6.95. The van der Waals surface area contributed by atoms with Gasteiger partial charge in [0, 0.05) is 11.6 Å². The molecule has 6 nitrogen and oxygen atoms in total. The highest BCUT2D eigenvalue weighted by Crippen LogP contribution is 2.19. The van der Waals surface area contributed by atoms with E-state index in [4.69, 9.17) is 4.55 Å². The highest BCUT2D eigenvalue weighted by Gasteiger charge is 2.17. The standard InChI is InChI=1S/C7H7NO5S/c9-8(10)7-4-2-1-3-6(7)5-14(11,12)13/h1-4H,5H2,(H,11,12,13). The minimum absolute atomic E-state index is 0.0278. The summed E-state index contributed by atoms with van der Waals surface area (Å²) >= 11 is 0. The van der Waals surface area contributed by atoms with Crippen LogP contribution in [0.1, 0.15) is 5.56 Å². The summed E-state index contributed by atoms with van der Waals surface area (Å²) < 4.78 is 29.5. The number of nitro benzene ring substituents is 1. The van der Waals surface area contributed by atoms with Gasteiger partial charge in [-0.3, -0.25) is 14.7 Å². The Morgan fingerprint density at radius 1 is 1.36 bits per heavy atom. The molecule has 0 amide bonds. The van der Waals surface area contributed by atoms with Gasteiger partial charge in [-0.05, 0) is 0 Å². The summed E-state index contributed by atoms with van der Waals surface area (Å²) in [4.78, 5) is 9.74. The lowest BCUT2D eigenvalue weighted by molar-refractivity contribution is -0.385. The highest BCUT2D eigenvalue weighted by molar-refractivity contribution is 7.85. The number of nitrogens with zero attached hydrogens (tertiary/aromatic N) is 1. The molecule has 0 saturated carbocycles. The minimum Gasteiger partial charge on any atom is -0.285 e. The lowest BCUT2D eigenvalue weighted by atomic mass is 10.2. The summed E-state index contributed by atoms with van der Waals surface area (Å²) in [6.07, 6.45) is 0. The molecule has 1 N–H and O–H groups in total. The van der Waals surface area contributed by atoms with E-state index in [0.29, 0.717) is 0 Å². The van der Waals surface area contributed by atoms with E-state index in [1.165, 1.54) is 24.3 Å². The molecule has 0 heterocycles. The van der Waals surface area contributed by atoms with Crippen LogP contribution in [-0.2, 0) is 15.9 Å². The number of benzene rings is 1. The van der Waals surface area contributed by atoms with Crippen LogP contribution >= 0.6 is 0 Å². The minimum atomic E-state index is -4.24. The molecule has 0 aromatic heterocycles. The van der Waals surface area contributed by atoms with E-state index in [1.54, 1.807) is 0 Å². The molecule has 0 bridgehead atoms. The molecular weight excluding hydrogens is 210 g/mol. The predicted octanol–water partition coefficient (Wildman–Crippen LogP) is 0.983.